The smallest absolute Gasteiger partial charge is 0.224 e. The van der Waals surface area contributed by atoms with Crippen molar-refractivity contribution in [3.8, 4) is 10.6 Å². The Labute approximate surface area is 134 Å². The van der Waals surface area contributed by atoms with Gasteiger partial charge in [-0.1, -0.05) is 25.5 Å². The quantitative estimate of drug-likeness (QED) is 0.713. The van der Waals surface area contributed by atoms with E-state index in [-0.39, 0.29) is 5.91 Å². The summed E-state index contributed by atoms with van der Waals surface area (Å²) < 4.78 is 1.19. The summed E-state index contributed by atoms with van der Waals surface area (Å²) >= 11 is 1.68. The molecule has 0 saturated carbocycles. The molecule has 0 spiro atoms. The number of anilines is 1. The molecule has 4 heteroatoms. The number of carbonyl (C=O) groups is 1. The summed E-state index contributed by atoms with van der Waals surface area (Å²) in [4.78, 5) is 16.4. The molecule has 1 heterocycles. The summed E-state index contributed by atoms with van der Waals surface area (Å²) in [6, 6.07) is 16.0. The molecule has 1 N–H and O–H groups in total. The van der Waals surface area contributed by atoms with E-state index in [9.17, 15) is 4.79 Å². The van der Waals surface area contributed by atoms with E-state index >= 15 is 0 Å². The average Bonchev–Trinajstić information content (AvgIpc) is 2.97. The van der Waals surface area contributed by atoms with Crippen molar-refractivity contribution in [2.75, 3.05) is 5.32 Å². The standard InChI is InChI=1S/C18H18N2OS/c1-2-3-8-17(21)19-14-11-9-13(10-12-14)18-20-15-6-4-5-7-16(15)22-18/h4-7,9-12H,2-3,8H2,1H3,(H,19,21). The zero-order chi connectivity index (χ0) is 15.4. The summed E-state index contributed by atoms with van der Waals surface area (Å²) in [7, 11) is 0. The Balaban J connectivity index is 1.74. The Morgan fingerprint density at radius 2 is 1.91 bits per heavy atom. The summed E-state index contributed by atoms with van der Waals surface area (Å²) in [6.07, 6.45) is 2.54. The first-order valence-electron chi connectivity index (χ1n) is 7.52. The number of nitrogens with one attached hydrogen (secondary N) is 1. The lowest BCUT2D eigenvalue weighted by atomic mass is 10.2. The third-order valence-corrected chi connectivity index (χ3v) is 4.55. The lowest BCUT2D eigenvalue weighted by Crippen LogP contribution is -2.10. The molecule has 0 radical (unpaired) electrons. The third kappa shape index (κ3) is 3.34. The van der Waals surface area contributed by atoms with Gasteiger partial charge in [0.05, 0.1) is 10.2 Å². The van der Waals surface area contributed by atoms with E-state index in [2.05, 4.69) is 23.3 Å². The first kappa shape index (κ1) is 14.7. The molecule has 1 aromatic heterocycles. The van der Waals surface area contributed by atoms with Gasteiger partial charge in [0, 0.05) is 17.7 Å². The Kier molecular flexibility index (Phi) is 4.49. The van der Waals surface area contributed by atoms with Crippen LogP contribution in [0.15, 0.2) is 48.5 Å². The number of para-hydroxylation sites is 1. The number of aromatic nitrogens is 1. The first-order valence-corrected chi connectivity index (χ1v) is 8.34. The summed E-state index contributed by atoms with van der Waals surface area (Å²) in [6.45, 7) is 2.08. The molecule has 22 heavy (non-hydrogen) atoms. The molecule has 3 aromatic rings. The maximum Gasteiger partial charge on any atom is 0.224 e. The molecule has 2 aromatic carbocycles. The number of hydrogen-bond acceptors (Lipinski definition) is 3. The predicted molar refractivity (Wildman–Crippen MR) is 93.2 cm³/mol. The van der Waals surface area contributed by atoms with Crippen LogP contribution in [0.2, 0.25) is 0 Å². The van der Waals surface area contributed by atoms with Crippen LogP contribution >= 0.6 is 11.3 Å². The summed E-state index contributed by atoms with van der Waals surface area (Å²) in [5, 5.41) is 3.93. The number of carbonyl (C=O) groups excluding carboxylic acids is 1. The lowest BCUT2D eigenvalue weighted by molar-refractivity contribution is -0.116. The van der Waals surface area contributed by atoms with E-state index in [1.54, 1.807) is 11.3 Å². The van der Waals surface area contributed by atoms with Crippen molar-refractivity contribution in [1.29, 1.82) is 0 Å². The van der Waals surface area contributed by atoms with Gasteiger partial charge in [0.25, 0.3) is 0 Å². The fourth-order valence-electron chi connectivity index (χ4n) is 2.25. The molecule has 0 fully saturated rings. The zero-order valence-electron chi connectivity index (χ0n) is 12.5. The number of hydrogen-bond donors (Lipinski definition) is 1. The SMILES string of the molecule is CCCCC(=O)Nc1ccc(-c2nc3ccccc3s2)cc1. The molecule has 0 aliphatic rings. The Hall–Kier alpha value is -2.20. The maximum absolute atomic E-state index is 11.7. The highest BCUT2D eigenvalue weighted by Crippen LogP contribution is 2.30. The highest BCUT2D eigenvalue weighted by Gasteiger charge is 2.06. The lowest BCUT2D eigenvalue weighted by Gasteiger charge is -2.05. The van der Waals surface area contributed by atoms with E-state index in [0.717, 1.165) is 34.6 Å². The van der Waals surface area contributed by atoms with Crippen LogP contribution in [0.25, 0.3) is 20.8 Å². The summed E-state index contributed by atoms with van der Waals surface area (Å²) in [5.74, 6) is 0.0783. The highest BCUT2D eigenvalue weighted by atomic mass is 32.1. The van der Waals surface area contributed by atoms with Crippen molar-refractivity contribution >= 4 is 33.1 Å². The van der Waals surface area contributed by atoms with Crippen molar-refractivity contribution < 1.29 is 4.79 Å². The fourth-order valence-corrected chi connectivity index (χ4v) is 3.22. The Bertz CT molecular complexity index is 744. The molecule has 112 valence electrons. The van der Waals surface area contributed by atoms with Gasteiger partial charge in [0.2, 0.25) is 5.91 Å². The van der Waals surface area contributed by atoms with Gasteiger partial charge in [-0.2, -0.15) is 0 Å². The Morgan fingerprint density at radius 1 is 1.14 bits per heavy atom. The second kappa shape index (κ2) is 6.71. The van der Waals surface area contributed by atoms with Gasteiger partial charge < -0.3 is 5.32 Å². The van der Waals surface area contributed by atoms with Crippen molar-refractivity contribution in [2.24, 2.45) is 0 Å². The number of amides is 1. The molecule has 3 nitrogen and oxygen atoms in total. The normalized spacial score (nSPS) is 10.8. The molecule has 0 unspecified atom stereocenters. The maximum atomic E-state index is 11.7. The number of unbranched alkanes of at least 4 members (excludes halogenated alkanes) is 1. The number of fused-ring (bicyclic) bond motifs is 1. The van der Waals surface area contributed by atoms with Crippen molar-refractivity contribution in [3.63, 3.8) is 0 Å². The molecular formula is C18H18N2OS. The largest absolute Gasteiger partial charge is 0.326 e. The highest BCUT2D eigenvalue weighted by molar-refractivity contribution is 7.21. The minimum Gasteiger partial charge on any atom is -0.326 e. The van der Waals surface area contributed by atoms with Crippen LogP contribution in [0.5, 0.6) is 0 Å². The third-order valence-electron chi connectivity index (χ3n) is 3.47. The van der Waals surface area contributed by atoms with Crippen LogP contribution in [0.1, 0.15) is 26.2 Å². The number of rotatable bonds is 5. The second-order valence-electron chi connectivity index (χ2n) is 5.22. The van der Waals surface area contributed by atoms with Gasteiger partial charge in [-0.25, -0.2) is 4.98 Å². The average molecular weight is 310 g/mol. The van der Waals surface area contributed by atoms with Gasteiger partial charge in [-0.05, 0) is 42.8 Å². The molecule has 0 atom stereocenters. The van der Waals surface area contributed by atoms with Crippen LogP contribution < -0.4 is 5.32 Å². The van der Waals surface area contributed by atoms with Crippen molar-refractivity contribution in [2.45, 2.75) is 26.2 Å². The summed E-state index contributed by atoms with van der Waals surface area (Å²) in [5.41, 5.74) is 2.94. The molecule has 3 rings (SSSR count). The fraction of sp³-hybridized carbons (Fsp3) is 0.222. The zero-order valence-corrected chi connectivity index (χ0v) is 13.3. The van der Waals surface area contributed by atoms with Gasteiger partial charge in [-0.3, -0.25) is 4.79 Å². The molecular weight excluding hydrogens is 292 g/mol. The monoisotopic (exact) mass is 310 g/mol. The van der Waals surface area contributed by atoms with E-state index in [1.807, 2.05) is 42.5 Å². The van der Waals surface area contributed by atoms with Gasteiger partial charge in [0.15, 0.2) is 0 Å². The van der Waals surface area contributed by atoms with Crippen LogP contribution in [-0.4, -0.2) is 10.9 Å². The van der Waals surface area contributed by atoms with Crippen LogP contribution in [0, 0.1) is 0 Å². The predicted octanol–water partition coefficient (Wildman–Crippen LogP) is 5.09. The Morgan fingerprint density at radius 3 is 2.64 bits per heavy atom. The number of benzene rings is 2. The van der Waals surface area contributed by atoms with E-state index in [1.165, 1.54) is 4.70 Å². The number of thiazole rings is 1. The molecule has 1 amide bonds. The minimum atomic E-state index is 0.0783. The van der Waals surface area contributed by atoms with E-state index in [4.69, 9.17) is 0 Å². The molecule has 0 bridgehead atoms. The minimum absolute atomic E-state index is 0.0783. The molecule has 0 aliphatic carbocycles. The van der Waals surface area contributed by atoms with E-state index < -0.39 is 0 Å². The first-order chi connectivity index (χ1) is 10.8. The van der Waals surface area contributed by atoms with Crippen LogP contribution in [0.4, 0.5) is 5.69 Å². The van der Waals surface area contributed by atoms with Gasteiger partial charge >= 0.3 is 0 Å². The van der Waals surface area contributed by atoms with Crippen LogP contribution in [0.3, 0.4) is 0 Å². The van der Waals surface area contributed by atoms with Gasteiger partial charge in [0.1, 0.15) is 5.01 Å². The van der Waals surface area contributed by atoms with Crippen LogP contribution in [-0.2, 0) is 4.79 Å². The van der Waals surface area contributed by atoms with Crippen molar-refractivity contribution in [3.05, 3.63) is 48.5 Å². The van der Waals surface area contributed by atoms with E-state index in [0.29, 0.717) is 6.42 Å². The topological polar surface area (TPSA) is 42.0 Å². The second-order valence-corrected chi connectivity index (χ2v) is 6.25. The van der Waals surface area contributed by atoms with Crippen molar-refractivity contribution in [1.82, 2.24) is 4.98 Å². The molecule has 0 saturated heterocycles. The number of nitrogens with zero attached hydrogens (tertiary/aromatic N) is 1. The van der Waals surface area contributed by atoms with Gasteiger partial charge in [-0.15, -0.1) is 11.3 Å². The molecule has 0 aliphatic heterocycles.